The first-order valence-electron chi connectivity index (χ1n) is 10.8. The fraction of sp³-hybridized carbons (Fsp3) is 0.310. The Morgan fingerprint density at radius 3 is 1.67 bits per heavy atom. The van der Waals surface area contributed by atoms with Crippen molar-refractivity contribution in [3.05, 3.63) is 94.6 Å². The van der Waals surface area contributed by atoms with Gasteiger partial charge in [0.1, 0.15) is 0 Å². The van der Waals surface area contributed by atoms with Gasteiger partial charge in [-0.15, -0.1) is 0 Å². The smallest absolute Gasteiger partial charge is 0.0520 e. The summed E-state index contributed by atoms with van der Waals surface area (Å²) in [5.74, 6) is 0. The summed E-state index contributed by atoms with van der Waals surface area (Å²) in [6.45, 7) is 17.7. The Bertz CT molecular complexity index is 1020. The zero-order valence-corrected chi connectivity index (χ0v) is 19.8. The molecule has 0 aliphatic carbocycles. The van der Waals surface area contributed by atoms with Crippen LogP contribution in [0.3, 0.4) is 0 Å². The molecule has 0 saturated heterocycles. The molecule has 0 bridgehead atoms. The topological polar surface area (TPSA) is 3.24 Å². The van der Waals surface area contributed by atoms with E-state index in [9.17, 15) is 0 Å². The van der Waals surface area contributed by atoms with Crippen molar-refractivity contribution in [2.24, 2.45) is 0 Å². The third-order valence-corrected chi connectivity index (χ3v) is 5.89. The third kappa shape index (κ3) is 4.51. The molecule has 3 rings (SSSR count). The normalized spacial score (nSPS) is 12.2. The van der Waals surface area contributed by atoms with Gasteiger partial charge >= 0.3 is 0 Å². The van der Waals surface area contributed by atoms with Gasteiger partial charge < -0.3 is 4.90 Å². The number of rotatable bonds is 4. The molecule has 156 valence electrons. The van der Waals surface area contributed by atoms with E-state index in [2.05, 4.69) is 127 Å². The van der Waals surface area contributed by atoms with Gasteiger partial charge in [0.05, 0.1) is 5.69 Å². The van der Waals surface area contributed by atoms with Crippen LogP contribution in [0.5, 0.6) is 0 Å². The van der Waals surface area contributed by atoms with Crippen molar-refractivity contribution < 1.29 is 0 Å². The van der Waals surface area contributed by atoms with Gasteiger partial charge in [-0.25, -0.2) is 0 Å². The van der Waals surface area contributed by atoms with Crippen molar-refractivity contribution in [3.63, 3.8) is 0 Å². The van der Waals surface area contributed by atoms with E-state index in [0.717, 1.165) is 0 Å². The first kappa shape index (κ1) is 21.9. The van der Waals surface area contributed by atoms with E-state index in [4.69, 9.17) is 0 Å². The van der Waals surface area contributed by atoms with E-state index in [1.807, 2.05) is 0 Å². The average molecular weight is 398 g/mol. The maximum absolute atomic E-state index is 2.39. The number of hydrogen-bond acceptors (Lipinski definition) is 1. The fourth-order valence-electron chi connectivity index (χ4n) is 3.88. The molecule has 0 aromatic heterocycles. The summed E-state index contributed by atoms with van der Waals surface area (Å²) in [5.41, 5.74) is 11.6. The molecule has 0 heterocycles. The molecule has 0 saturated carbocycles. The largest absolute Gasteiger partial charge is 0.310 e. The van der Waals surface area contributed by atoms with Crippen LogP contribution in [0.15, 0.2) is 66.7 Å². The fourth-order valence-corrected chi connectivity index (χ4v) is 3.88. The second-order valence-corrected chi connectivity index (χ2v) is 9.40. The summed E-state index contributed by atoms with van der Waals surface area (Å²) in [7, 11) is 0. The van der Waals surface area contributed by atoms with Crippen LogP contribution < -0.4 is 4.90 Å². The van der Waals surface area contributed by atoms with Crippen LogP contribution in [-0.2, 0) is 5.41 Å². The summed E-state index contributed by atoms with van der Waals surface area (Å²) in [6, 6.07) is 22.4. The molecule has 0 amide bonds. The molecule has 0 N–H and O–H groups in total. The van der Waals surface area contributed by atoms with Crippen LogP contribution in [-0.4, -0.2) is 0 Å². The zero-order valence-electron chi connectivity index (χ0n) is 19.8. The van der Waals surface area contributed by atoms with Gasteiger partial charge in [-0.2, -0.15) is 0 Å². The molecule has 1 nitrogen and oxygen atoms in total. The molecule has 0 aliphatic heterocycles. The molecule has 0 fully saturated rings. The number of allylic oxidation sites excluding steroid dienone is 2. The Hall–Kier alpha value is -2.80. The lowest BCUT2D eigenvalue weighted by Gasteiger charge is -2.31. The Labute approximate surface area is 183 Å². The molecule has 0 aliphatic rings. The van der Waals surface area contributed by atoms with Gasteiger partial charge in [-0.3, -0.25) is 0 Å². The van der Waals surface area contributed by atoms with Crippen LogP contribution >= 0.6 is 0 Å². The molecular weight excluding hydrogens is 362 g/mol. The van der Waals surface area contributed by atoms with Crippen molar-refractivity contribution in [2.75, 3.05) is 4.90 Å². The van der Waals surface area contributed by atoms with Crippen molar-refractivity contribution in [2.45, 2.75) is 60.8 Å². The van der Waals surface area contributed by atoms with Crippen LogP contribution in [0, 0.1) is 20.8 Å². The standard InChI is InChI=1S/C29H35N/c1-9-21(3)24-12-16-27(17-13-24)30(26-14-10-20(2)11-15-26)28-22(4)18-25(19-23(28)5)29(6,7)8/h9-19H,1-8H3/b21-9+. The molecule has 1 heteroatoms. The molecule has 0 atom stereocenters. The van der Waals surface area contributed by atoms with E-state index < -0.39 is 0 Å². The van der Waals surface area contributed by atoms with Crippen molar-refractivity contribution >= 4 is 22.6 Å². The van der Waals surface area contributed by atoms with E-state index >= 15 is 0 Å². The minimum absolute atomic E-state index is 0.133. The van der Waals surface area contributed by atoms with Gasteiger partial charge in [0.2, 0.25) is 0 Å². The second-order valence-electron chi connectivity index (χ2n) is 9.40. The van der Waals surface area contributed by atoms with Crippen molar-refractivity contribution in [3.8, 4) is 0 Å². The maximum atomic E-state index is 2.39. The molecule has 0 spiro atoms. The monoisotopic (exact) mass is 397 g/mol. The summed E-state index contributed by atoms with van der Waals surface area (Å²) < 4.78 is 0. The number of nitrogens with zero attached hydrogens (tertiary/aromatic N) is 1. The van der Waals surface area contributed by atoms with E-state index in [0.29, 0.717) is 0 Å². The quantitative estimate of drug-likeness (QED) is 0.425. The Kier molecular flexibility index (Phi) is 6.22. The highest BCUT2D eigenvalue weighted by Gasteiger charge is 2.21. The SMILES string of the molecule is C/C=C(\C)c1ccc(N(c2ccc(C)cc2)c2c(C)cc(C(C)(C)C)cc2C)cc1. The molecule has 0 radical (unpaired) electrons. The summed E-state index contributed by atoms with van der Waals surface area (Å²) >= 11 is 0. The minimum Gasteiger partial charge on any atom is -0.310 e. The minimum atomic E-state index is 0.133. The molecule has 3 aromatic carbocycles. The number of anilines is 3. The average Bonchev–Trinajstić information content (AvgIpc) is 2.70. The van der Waals surface area contributed by atoms with E-state index in [1.165, 1.54) is 50.5 Å². The van der Waals surface area contributed by atoms with Gasteiger partial charge in [0.15, 0.2) is 0 Å². The Balaban J connectivity index is 2.20. The third-order valence-electron chi connectivity index (χ3n) is 5.89. The van der Waals surface area contributed by atoms with Gasteiger partial charge in [-0.05, 0) is 92.1 Å². The predicted octanol–water partition coefficient (Wildman–Crippen LogP) is 8.80. The molecule has 0 unspecified atom stereocenters. The van der Waals surface area contributed by atoms with E-state index in [1.54, 1.807) is 0 Å². The highest BCUT2D eigenvalue weighted by atomic mass is 15.1. The zero-order chi connectivity index (χ0) is 22.1. The first-order valence-corrected chi connectivity index (χ1v) is 10.8. The van der Waals surface area contributed by atoms with Crippen molar-refractivity contribution in [1.82, 2.24) is 0 Å². The number of hydrogen-bond donors (Lipinski definition) is 0. The maximum Gasteiger partial charge on any atom is 0.0520 e. The first-order chi connectivity index (χ1) is 14.1. The summed E-state index contributed by atoms with van der Waals surface area (Å²) in [6.07, 6.45) is 2.16. The lowest BCUT2D eigenvalue weighted by atomic mass is 9.84. The second kappa shape index (κ2) is 8.52. The van der Waals surface area contributed by atoms with E-state index in [-0.39, 0.29) is 5.41 Å². The summed E-state index contributed by atoms with van der Waals surface area (Å²) in [5, 5.41) is 0. The predicted molar refractivity (Wildman–Crippen MR) is 133 cm³/mol. The highest BCUT2D eigenvalue weighted by molar-refractivity contribution is 5.81. The number of benzene rings is 3. The lowest BCUT2D eigenvalue weighted by Crippen LogP contribution is -2.16. The Morgan fingerprint density at radius 1 is 0.767 bits per heavy atom. The molecule has 30 heavy (non-hydrogen) atoms. The van der Waals surface area contributed by atoms with Gasteiger partial charge in [0, 0.05) is 11.4 Å². The Morgan fingerprint density at radius 2 is 1.23 bits per heavy atom. The lowest BCUT2D eigenvalue weighted by molar-refractivity contribution is 0.589. The van der Waals surface area contributed by atoms with Crippen molar-refractivity contribution in [1.29, 1.82) is 0 Å². The van der Waals surface area contributed by atoms with Gasteiger partial charge in [0.25, 0.3) is 0 Å². The molecular formula is C29H35N. The van der Waals surface area contributed by atoms with Crippen LogP contribution in [0.2, 0.25) is 0 Å². The van der Waals surface area contributed by atoms with Gasteiger partial charge in [-0.1, -0.05) is 68.8 Å². The summed E-state index contributed by atoms with van der Waals surface area (Å²) in [4.78, 5) is 2.39. The highest BCUT2D eigenvalue weighted by Crippen LogP contribution is 2.40. The van der Waals surface area contributed by atoms with Crippen LogP contribution in [0.25, 0.3) is 5.57 Å². The molecule has 3 aromatic rings. The van der Waals surface area contributed by atoms with Crippen LogP contribution in [0.1, 0.15) is 62.4 Å². The number of aryl methyl sites for hydroxylation is 3. The van der Waals surface area contributed by atoms with Crippen LogP contribution in [0.4, 0.5) is 17.1 Å².